The molecule has 3 rings (SSSR count). The van der Waals surface area contributed by atoms with Crippen LogP contribution in [0.15, 0.2) is 53.7 Å². The molecule has 0 radical (unpaired) electrons. The molecule has 0 atom stereocenters. The van der Waals surface area contributed by atoms with E-state index in [4.69, 9.17) is 0 Å². The number of benzene rings is 2. The standard InChI is InChI=1S/C21H20F2N4O2S/c1-14(28)24-12-2-3-20-25-26-21(27(20)18-10-8-17(23)9-11-18)30-13-19(29)15-4-6-16(22)7-5-15/h4-11H,2-3,12-13H2,1H3,(H,24,28). The molecule has 6 nitrogen and oxygen atoms in total. The zero-order valence-corrected chi connectivity index (χ0v) is 17.1. The summed E-state index contributed by atoms with van der Waals surface area (Å²) in [5.74, 6) is -0.300. The third-order valence-corrected chi connectivity index (χ3v) is 5.16. The van der Waals surface area contributed by atoms with Crippen LogP contribution in [0.2, 0.25) is 0 Å². The predicted octanol–water partition coefficient (Wildman–Crippen LogP) is 3.59. The Labute approximate surface area is 176 Å². The maximum atomic E-state index is 13.4. The topological polar surface area (TPSA) is 76.9 Å². The summed E-state index contributed by atoms with van der Waals surface area (Å²) >= 11 is 1.20. The lowest BCUT2D eigenvalue weighted by molar-refractivity contribution is -0.118. The first kappa shape index (κ1) is 21.6. The molecule has 0 unspecified atom stereocenters. The molecule has 0 saturated carbocycles. The Hall–Kier alpha value is -3.07. The fraction of sp³-hybridized carbons (Fsp3) is 0.238. The molecule has 1 amide bonds. The predicted molar refractivity (Wildman–Crippen MR) is 110 cm³/mol. The molecule has 0 bridgehead atoms. The first-order valence-corrected chi connectivity index (χ1v) is 10.3. The Balaban J connectivity index is 1.77. The van der Waals surface area contributed by atoms with E-state index < -0.39 is 5.82 Å². The van der Waals surface area contributed by atoms with Gasteiger partial charge in [0.15, 0.2) is 10.9 Å². The van der Waals surface area contributed by atoms with Gasteiger partial charge in [-0.25, -0.2) is 8.78 Å². The third-order valence-electron chi connectivity index (χ3n) is 4.23. The average molecular weight is 430 g/mol. The van der Waals surface area contributed by atoms with Gasteiger partial charge in [-0.1, -0.05) is 11.8 Å². The molecule has 30 heavy (non-hydrogen) atoms. The number of thioether (sulfide) groups is 1. The Morgan fingerprint density at radius 3 is 2.27 bits per heavy atom. The molecule has 3 aromatic rings. The smallest absolute Gasteiger partial charge is 0.216 e. The number of aryl methyl sites for hydroxylation is 1. The van der Waals surface area contributed by atoms with E-state index in [1.54, 1.807) is 16.7 Å². The largest absolute Gasteiger partial charge is 0.356 e. The second kappa shape index (κ2) is 10.1. The molecular weight excluding hydrogens is 410 g/mol. The number of rotatable bonds is 9. The van der Waals surface area contributed by atoms with Crippen molar-refractivity contribution in [2.75, 3.05) is 12.3 Å². The normalized spacial score (nSPS) is 10.8. The second-order valence-corrected chi connectivity index (χ2v) is 7.46. The lowest BCUT2D eigenvalue weighted by Crippen LogP contribution is -2.21. The minimum Gasteiger partial charge on any atom is -0.356 e. The van der Waals surface area contributed by atoms with Gasteiger partial charge in [-0.3, -0.25) is 14.2 Å². The molecule has 1 heterocycles. The first-order chi connectivity index (χ1) is 14.4. The number of nitrogens with one attached hydrogen (secondary N) is 1. The fourth-order valence-corrected chi connectivity index (χ4v) is 3.63. The van der Waals surface area contributed by atoms with E-state index in [0.717, 1.165) is 0 Å². The van der Waals surface area contributed by atoms with Crippen LogP contribution in [0.1, 0.15) is 29.5 Å². The van der Waals surface area contributed by atoms with Gasteiger partial charge in [-0.15, -0.1) is 10.2 Å². The summed E-state index contributed by atoms with van der Waals surface area (Å²) < 4.78 is 28.2. The van der Waals surface area contributed by atoms with Crippen molar-refractivity contribution in [1.82, 2.24) is 20.1 Å². The molecule has 1 aromatic heterocycles. The van der Waals surface area contributed by atoms with Crippen molar-refractivity contribution in [3.63, 3.8) is 0 Å². The lowest BCUT2D eigenvalue weighted by Gasteiger charge is -2.10. The summed E-state index contributed by atoms with van der Waals surface area (Å²) in [5, 5.41) is 11.6. The van der Waals surface area contributed by atoms with Crippen LogP contribution < -0.4 is 5.32 Å². The van der Waals surface area contributed by atoms with E-state index in [2.05, 4.69) is 15.5 Å². The quantitative estimate of drug-likeness (QED) is 0.319. The van der Waals surface area contributed by atoms with Crippen molar-refractivity contribution in [3.05, 3.63) is 71.6 Å². The van der Waals surface area contributed by atoms with Gasteiger partial charge in [0.2, 0.25) is 5.91 Å². The Morgan fingerprint density at radius 1 is 1.00 bits per heavy atom. The molecule has 156 valence electrons. The van der Waals surface area contributed by atoms with E-state index in [1.807, 2.05) is 0 Å². The summed E-state index contributed by atoms with van der Waals surface area (Å²) in [6, 6.07) is 11.3. The molecule has 1 N–H and O–H groups in total. The van der Waals surface area contributed by atoms with Crippen LogP contribution in [0.3, 0.4) is 0 Å². The number of aromatic nitrogens is 3. The highest BCUT2D eigenvalue weighted by atomic mass is 32.2. The second-order valence-electron chi connectivity index (χ2n) is 6.52. The molecule has 0 saturated heterocycles. The van der Waals surface area contributed by atoms with Gasteiger partial charge in [0.1, 0.15) is 17.5 Å². The highest BCUT2D eigenvalue weighted by Gasteiger charge is 2.16. The molecular formula is C21H20F2N4O2S. The summed E-state index contributed by atoms with van der Waals surface area (Å²) in [4.78, 5) is 23.4. The number of hydrogen-bond donors (Lipinski definition) is 1. The van der Waals surface area contributed by atoms with Crippen molar-refractivity contribution in [1.29, 1.82) is 0 Å². The number of nitrogens with zero attached hydrogens (tertiary/aromatic N) is 3. The zero-order chi connectivity index (χ0) is 21.5. The Kier molecular flexibility index (Phi) is 7.29. The van der Waals surface area contributed by atoms with Gasteiger partial charge in [0.25, 0.3) is 0 Å². The van der Waals surface area contributed by atoms with Crippen molar-refractivity contribution < 1.29 is 18.4 Å². The maximum Gasteiger partial charge on any atom is 0.216 e. The van der Waals surface area contributed by atoms with Gasteiger partial charge < -0.3 is 5.32 Å². The fourth-order valence-electron chi connectivity index (χ4n) is 2.77. The SMILES string of the molecule is CC(=O)NCCCc1nnc(SCC(=O)c2ccc(F)cc2)n1-c1ccc(F)cc1. The van der Waals surface area contributed by atoms with Gasteiger partial charge >= 0.3 is 0 Å². The van der Waals surface area contributed by atoms with Crippen LogP contribution >= 0.6 is 11.8 Å². The summed E-state index contributed by atoms with van der Waals surface area (Å²) in [6.07, 6.45) is 1.19. The molecule has 0 spiro atoms. The van der Waals surface area contributed by atoms with E-state index in [9.17, 15) is 18.4 Å². The third kappa shape index (κ3) is 5.73. The summed E-state index contributed by atoms with van der Waals surface area (Å²) in [7, 11) is 0. The van der Waals surface area contributed by atoms with Gasteiger partial charge in [-0.2, -0.15) is 0 Å². The monoisotopic (exact) mass is 430 g/mol. The minimum atomic E-state index is -0.404. The number of ketones is 1. The highest BCUT2D eigenvalue weighted by Crippen LogP contribution is 2.24. The number of carbonyl (C=O) groups is 2. The molecule has 0 fully saturated rings. The maximum absolute atomic E-state index is 13.4. The number of halogens is 2. The van der Waals surface area contributed by atoms with E-state index in [0.29, 0.717) is 41.6 Å². The van der Waals surface area contributed by atoms with Gasteiger partial charge in [-0.05, 0) is 55.0 Å². The van der Waals surface area contributed by atoms with Crippen molar-refractivity contribution >= 4 is 23.5 Å². The minimum absolute atomic E-state index is 0.0941. The van der Waals surface area contributed by atoms with Crippen LogP contribution in [0.25, 0.3) is 5.69 Å². The average Bonchev–Trinajstić information content (AvgIpc) is 3.13. The van der Waals surface area contributed by atoms with Gasteiger partial charge in [0.05, 0.1) is 5.75 Å². The molecule has 0 aliphatic heterocycles. The van der Waals surface area contributed by atoms with Crippen molar-refractivity contribution in [3.8, 4) is 5.69 Å². The van der Waals surface area contributed by atoms with Crippen molar-refractivity contribution in [2.45, 2.75) is 24.9 Å². The highest BCUT2D eigenvalue weighted by molar-refractivity contribution is 7.99. The van der Waals surface area contributed by atoms with Crippen LogP contribution in [0, 0.1) is 11.6 Å². The van der Waals surface area contributed by atoms with E-state index in [-0.39, 0.29) is 23.3 Å². The van der Waals surface area contributed by atoms with Crippen molar-refractivity contribution in [2.24, 2.45) is 0 Å². The van der Waals surface area contributed by atoms with Crippen LogP contribution in [-0.4, -0.2) is 38.8 Å². The zero-order valence-electron chi connectivity index (χ0n) is 16.3. The first-order valence-electron chi connectivity index (χ1n) is 9.30. The van der Waals surface area contributed by atoms with Gasteiger partial charge in [0, 0.05) is 31.1 Å². The summed E-state index contributed by atoms with van der Waals surface area (Å²) in [6.45, 7) is 1.95. The van der Waals surface area contributed by atoms with Crippen LogP contribution in [0.5, 0.6) is 0 Å². The summed E-state index contributed by atoms with van der Waals surface area (Å²) in [5.41, 5.74) is 1.08. The molecule has 0 aliphatic carbocycles. The Morgan fingerprint density at radius 2 is 1.63 bits per heavy atom. The number of hydrogen-bond acceptors (Lipinski definition) is 5. The molecule has 0 aliphatic rings. The van der Waals surface area contributed by atoms with E-state index >= 15 is 0 Å². The molecule has 9 heteroatoms. The number of amides is 1. The van der Waals surface area contributed by atoms with Crippen LogP contribution in [-0.2, 0) is 11.2 Å². The number of Topliss-reactive ketones (excluding diaryl/α,β-unsaturated/α-hetero) is 1. The number of carbonyl (C=O) groups excluding carboxylic acids is 2. The van der Waals surface area contributed by atoms with Crippen LogP contribution in [0.4, 0.5) is 8.78 Å². The Bertz CT molecular complexity index is 1020. The van der Waals surface area contributed by atoms with E-state index in [1.165, 1.54) is 55.1 Å². The lowest BCUT2D eigenvalue weighted by atomic mass is 10.1. The molecule has 2 aromatic carbocycles.